The van der Waals surface area contributed by atoms with E-state index in [4.69, 9.17) is 0 Å². The number of hydrogen-bond acceptors (Lipinski definition) is 1. The van der Waals surface area contributed by atoms with Gasteiger partial charge in [-0.3, -0.25) is 5.32 Å². The summed E-state index contributed by atoms with van der Waals surface area (Å²) in [5.74, 6) is 5.89. The first-order valence-corrected chi connectivity index (χ1v) is 5.17. The average molecular weight is 199 g/mol. The molecule has 15 heavy (non-hydrogen) atoms. The van der Waals surface area contributed by atoms with Crippen LogP contribution in [-0.2, 0) is 0 Å². The quantitative estimate of drug-likeness (QED) is 0.568. The van der Waals surface area contributed by atoms with Crippen LogP contribution < -0.4 is 5.32 Å². The van der Waals surface area contributed by atoms with Gasteiger partial charge in [0.15, 0.2) is 0 Å². The van der Waals surface area contributed by atoms with Crippen molar-refractivity contribution in [2.24, 2.45) is 0 Å². The summed E-state index contributed by atoms with van der Waals surface area (Å²) < 4.78 is 0. The Kier molecular flexibility index (Phi) is 5.29. The third kappa shape index (κ3) is 4.01. The highest BCUT2D eigenvalue weighted by atomic mass is 14.9. The maximum Gasteiger partial charge on any atom is 0.0581 e. The highest BCUT2D eigenvalue weighted by molar-refractivity contribution is 5.20. The Morgan fingerprint density at radius 2 is 2.13 bits per heavy atom. The van der Waals surface area contributed by atoms with Crippen molar-refractivity contribution >= 4 is 0 Å². The van der Waals surface area contributed by atoms with Crippen LogP contribution in [0.5, 0.6) is 0 Å². The van der Waals surface area contributed by atoms with Gasteiger partial charge in [-0.25, -0.2) is 0 Å². The third-order valence-electron chi connectivity index (χ3n) is 2.22. The maximum absolute atomic E-state index is 3.78. The Balaban J connectivity index is 2.64. The van der Waals surface area contributed by atoms with E-state index in [-0.39, 0.29) is 0 Å². The van der Waals surface area contributed by atoms with Crippen molar-refractivity contribution in [2.75, 3.05) is 6.54 Å². The highest BCUT2D eigenvalue weighted by Crippen LogP contribution is 2.15. The first-order chi connectivity index (χ1) is 7.38. The van der Waals surface area contributed by atoms with E-state index >= 15 is 0 Å². The van der Waals surface area contributed by atoms with E-state index in [1.54, 1.807) is 0 Å². The molecular weight excluding hydrogens is 182 g/mol. The molecular formula is C14H17N. The van der Waals surface area contributed by atoms with Crippen molar-refractivity contribution in [1.29, 1.82) is 0 Å². The lowest BCUT2D eigenvalue weighted by Gasteiger charge is -2.15. The molecule has 0 fully saturated rings. The van der Waals surface area contributed by atoms with Crippen molar-refractivity contribution in [2.45, 2.75) is 19.4 Å². The van der Waals surface area contributed by atoms with Crippen LogP contribution in [0.1, 0.15) is 24.9 Å². The molecule has 1 N–H and O–H groups in total. The summed E-state index contributed by atoms with van der Waals surface area (Å²) in [6.07, 6.45) is 2.86. The summed E-state index contributed by atoms with van der Waals surface area (Å²) in [4.78, 5) is 0. The Morgan fingerprint density at radius 1 is 1.40 bits per heavy atom. The average Bonchev–Trinajstić information content (AvgIpc) is 2.29. The molecule has 0 amide bonds. The van der Waals surface area contributed by atoms with Crippen LogP contribution in [0.4, 0.5) is 0 Å². The number of hydrogen-bond donors (Lipinski definition) is 1. The van der Waals surface area contributed by atoms with Crippen LogP contribution in [-0.4, -0.2) is 6.54 Å². The first-order valence-electron chi connectivity index (χ1n) is 5.17. The molecule has 0 radical (unpaired) electrons. The van der Waals surface area contributed by atoms with Crippen LogP contribution in [0.3, 0.4) is 0 Å². The molecule has 0 heterocycles. The van der Waals surface area contributed by atoms with E-state index in [9.17, 15) is 0 Å². The lowest BCUT2D eigenvalue weighted by atomic mass is 10.0. The van der Waals surface area contributed by atoms with Crippen molar-refractivity contribution in [3.05, 3.63) is 48.6 Å². The van der Waals surface area contributed by atoms with Crippen LogP contribution in [0.15, 0.2) is 43.0 Å². The van der Waals surface area contributed by atoms with E-state index in [2.05, 4.69) is 48.0 Å². The van der Waals surface area contributed by atoms with Gasteiger partial charge >= 0.3 is 0 Å². The predicted molar refractivity (Wildman–Crippen MR) is 65.4 cm³/mol. The van der Waals surface area contributed by atoms with Gasteiger partial charge in [-0.2, -0.15) is 0 Å². The van der Waals surface area contributed by atoms with Crippen molar-refractivity contribution < 1.29 is 0 Å². The zero-order valence-electron chi connectivity index (χ0n) is 9.16. The van der Waals surface area contributed by atoms with Crippen LogP contribution in [0.2, 0.25) is 0 Å². The molecule has 1 aromatic carbocycles. The fourth-order valence-corrected chi connectivity index (χ4v) is 1.45. The zero-order chi connectivity index (χ0) is 10.9. The summed E-state index contributed by atoms with van der Waals surface area (Å²) >= 11 is 0. The van der Waals surface area contributed by atoms with Gasteiger partial charge in [-0.05, 0) is 18.9 Å². The lowest BCUT2D eigenvalue weighted by Crippen LogP contribution is -2.21. The van der Waals surface area contributed by atoms with Gasteiger partial charge in [0, 0.05) is 6.04 Å². The zero-order valence-corrected chi connectivity index (χ0v) is 9.16. The molecule has 0 bridgehead atoms. The topological polar surface area (TPSA) is 12.0 Å². The fourth-order valence-electron chi connectivity index (χ4n) is 1.45. The highest BCUT2D eigenvalue weighted by Gasteiger charge is 2.06. The van der Waals surface area contributed by atoms with Gasteiger partial charge in [0.1, 0.15) is 0 Å². The molecule has 0 aliphatic rings. The monoisotopic (exact) mass is 199 g/mol. The van der Waals surface area contributed by atoms with Gasteiger partial charge in [-0.1, -0.05) is 42.3 Å². The van der Waals surface area contributed by atoms with Gasteiger partial charge in [-0.15, -0.1) is 12.5 Å². The standard InChI is InChI=1S/C14H17N/c1-3-5-12-15-14(9-4-2)13-10-7-6-8-11-13/h4,6-8,10-11,14-15H,2,9,12H2,1H3. The van der Waals surface area contributed by atoms with Gasteiger partial charge in [0.25, 0.3) is 0 Å². The molecule has 0 saturated heterocycles. The Bertz CT molecular complexity index is 343. The van der Waals surface area contributed by atoms with E-state index in [1.165, 1.54) is 5.56 Å². The minimum Gasteiger partial charge on any atom is -0.299 e. The molecule has 1 atom stereocenters. The van der Waals surface area contributed by atoms with E-state index in [0.717, 1.165) is 13.0 Å². The molecule has 0 aromatic heterocycles. The molecule has 78 valence electrons. The second-order valence-corrected chi connectivity index (χ2v) is 3.30. The summed E-state index contributed by atoms with van der Waals surface area (Å²) in [6.45, 7) is 6.36. The number of nitrogens with one attached hydrogen (secondary N) is 1. The van der Waals surface area contributed by atoms with E-state index < -0.39 is 0 Å². The minimum absolute atomic E-state index is 0.324. The molecule has 0 saturated carbocycles. The summed E-state index contributed by atoms with van der Waals surface area (Å²) in [5, 5.41) is 3.39. The van der Waals surface area contributed by atoms with Crippen LogP contribution >= 0.6 is 0 Å². The SMILES string of the molecule is C=CCC(NCC#CC)c1ccccc1. The number of rotatable bonds is 5. The lowest BCUT2D eigenvalue weighted by molar-refractivity contribution is 0.579. The second-order valence-electron chi connectivity index (χ2n) is 3.30. The molecule has 1 unspecified atom stereocenters. The molecule has 0 aliphatic heterocycles. The Morgan fingerprint density at radius 3 is 2.73 bits per heavy atom. The summed E-state index contributed by atoms with van der Waals surface area (Å²) in [6, 6.07) is 10.7. The fraction of sp³-hybridized carbons (Fsp3) is 0.286. The third-order valence-corrected chi connectivity index (χ3v) is 2.22. The Labute approximate surface area is 92.2 Å². The summed E-state index contributed by atoms with van der Waals surface area (Å²) in [7, 11) is 0. The van der Waals surface area contributed by atoms with Gasteiger partial charge < -0.3 is 0 Å². The van der Waals surface area contributed by atoms with Gasteiger partial charge in [0.05, 0.1) is 6.54 Å². The first kappa shape index (κ1) is 11.6. The maximum atomic E-state index is 3.78. The molecule has 1 aromatic rings. The summed E-state index contributed by atoms with van der Waals surface area (Å²) in [5.41, 5.74) is 1.29. The normalized spacial score (nSPS) is 11.3. The Hall–Kier alpha value is -1.52. The van der Waals surface area contributed by atoms with Crippen LogP contribution in [0, 0.1) is 11.8 Å². The molecule has 0 aliphatic carbocycles. The molecule has 0 spiro atoms. The van der Waals surface area contributed by atoms with Gasteiger partial charge in [0.2, 0.25) is 0 Å². The molecule has 1 rings (SSSR count). The molecule has 1 nitrogen and oxygen atoms in total. The molecule has 1 heteroatoms. The van der Waals surface area contributed by atoms with E-state index in [1.807, 2.05) is 19.1 Å². The van der Waals surface area contributed by atoms with Crippen LogP contribution in [0.25, 0.3) is 0 Å². The second kappa shape index (κ2) is 6.86. The van der Waals surface area contributed by atoms with E-state index in [0.29, 0.717) is 6.04 Å². The predicted octanol–water partition coefficient (Wildman–Crippen LogP) is 2.92. The number of benzene rings is 1. The minimum atomic E-state index is 0.324. The van der Waals surface area contributed by atoms with Crippen molar-refractivity contribution in [1.82, 2.24) is 5.32 Å². The van der Waals surface area contributed by atoms with Crippen molar-refractivity contribution in [3.8, 4) is 11.8 Å². The smallest absolute Gasteiger partial charge is 0.0581 e. The largest absolute Gasteiger partial charge is 0.299 e. The van der Waals surface area contributed by atoms with Crippen molar-refractivity contribution in [3.63, 3.8) is 0 Å².